The van der Waals surface area contributed by atoms with Crippen LogP contribution in [0.5, 0.6) is 5.75 Å². The van der Waals surface area contributed by atoms with Crippen LogP contribution in [0, 0.1) is 0 Å². The van der Waals surface area contributed by atoms with Gasteiger partial charge < -0.3 is 15.8 Å². The SMILES string of the molecule is NC(=NCc1ccc(Cl)cn1)NC1CCOc2ccccc21. The van der Waals surface area contributed by atoms with E-state index in [1.807, 2.05) is 30.3 Å². The summed E-state index contributed by atoms with van der Waals surface area (Å²) < 4.78 is 5.63. The van der Waals surface area contributed by atoms with Crippen LogP contribution in [0.1, 0.15) is 23.7 Å². The van der Waals surface area contributed by atoms with Gasteiger partial charge in [0.25, 0.3) is 0 Å². The summed E-state index contributed by atoms with van der Waals surface area (Å²) in [5.41, 5.74) is 7.91. The zero-order valence-electron chi connectivity index (χ0n) is 12.0. The number of nitrogens with one attached hydrogen (secondary N) is 1. The minimum absolute atomic E-state index is 0.117. The Balaban J connectivity index is 1.65. The Morgan fingerprint density at radius 3 is 3.05 bits per heavy atom. The molecule has 0 spiro atoms. The summed E-state index contributed by atoms with van der Waals surface area (Å²) >= 11 is 5.80. The van der Waals surface area contributed by atoms with Crippen LogP contribution in [0.25, 0.3) is 0 Å². The highest BCUT2D eigenvalue weighted by Gasteiger charge is 2.21. The highest BCUT2D eigenvalue weighted by Crippen LogP contribution is 2.31. The molecule has 22 heavy (non-hydrogen) atoms. The number of aliphatic imine (C=N–C) groups is 1. The third-order valence-electron chi connectivity index (χ3n) is 3.48. The molecule has 1 atom stereocenters. The van der Waals surface area contributed by atoms with Crippen molar-refractivity contribution >= 4 is 17.6 Å². The number of rotatable bonds is 3. The Morgan fingerprint density at radius 1 is 1.36 bits per heavy atom. The summed E-state index contributed by atoms with van der Waals surface area (Å²) in [4.78, 5) is 8.52. The molecule has 1 unspecified atom stereocenters. The molecule has 0 radical (unpaired) electrons. The van der Waals surface area contributed by atoms with Crippen LogP contribution in [0.3, 0.4) is 0 Å². The van der Waals surface area contributed by atoms with Crippen LogP contribution in [0.15, 0.2) is 47.6 Å². The topological polar surface area (TPSA) is 72.5 Å². The molecule has 114 valence electrons. The molecular formula is C16H17ClN4O. The van der Waals surface area contributed by atoms with E-state index in [0.717, 1.165) is 23.4 Å². The van der Waals surface area contributed by atoms with E-state index in [0.29, 0.717) is 24.1 Å². The van der Waals surface area contributed by atoms with E-state index < -0.39 is 0 Å². The average Bonchev–Trinajstić information content (AvgIpc) is 2.55. The predicted octanol–water partition coefficient (Wildman–Crippen LogP) is 2.66. The van der Waals surface area contributed by atoms with Crippen molar-refractivity contribution in [3.8, 4) is 5.75 Å². The lowest BCUT2D eigenvalue weighted by Gasteiger charge is -2.26. The van der Waals surface area contributed by atoms with Crippen molar-refractivity contribution in [3.63, 3.8) is 0 Å². The van der Waals surface area contributed by atoms with Crippen molar-refractivity contribution < 1.29 is 4.74 Å². The van der Waals surface area contributed by atoms with Gasteiger partial charge in [0.15, 0.2) is 5.96 Å². The second kappa shape index (κ2) is 6.66. The molecular weight excluding hydrogens is 300 g/mol. The maximum absolute atomic E-state index is 5.98. The molecule has 6 heteroatoms. The lowest BCUT2D eigenvalue weighted by molar-refractivity contribution is 0.262. The molecule has 1 aromatic heterocycles. The average molecular weight is 317 g/mol. The van der Waals surface area contributed by atoms with Crippen LogP contribution in [-0.2, 0) is 6.54 Å². The second-order valence-corrected chi connectivity index (χ2v) is 5.48. The number of halogens is 1. The van der Waals surface area contributed by atoms with Gasteiger partial charge >= 0.3 is 0 Å². The minimum atomic E-state index is 0.117. The third-order valence-corrected chi connectivity index (χ3v) is 3.70. The van der Waals surface area contributed by atoms with Gasteiger partial charge in [-0.15, -0.1) is 0 Å². The highest BCUT2D eigenvalue weighted by atomic mass is 35.5. The molecule has 0 bridgehead atoms. The number of hydrogen-bond acceptors (Lipinski definition) is 3. The van der Waals surface area contributed by atoms with Crippen molar-refractivity contribution in [2.45, 2.75) is 19.0 Å². The Bertz CT molecular complexity index is 672. The first-order valence-corrected chi connectivity index (χ1v) is 7.49. The monoisotopic (exact) mass is 316 g/mol. The van der Waals surface area contributed by atoms with Gasteiger partial charge in [-0.3, -0.25) is 4.98 Å². The maximum atomic E-state index is 5.98. The van der Waals surface area contributed by atoms with Crippen molar-refractivity contribution in [2.75, 3.05) is 6.61 Å². The summed E-state index contributed by atoms with van der Waals surface area (Å²) in [5, 5.41) is 3.86. The predicted molar refractivity (Wildman–Crippen MR) is 87.0 cm³/mol. The second-order valence-electron chi connectivity index (χ2n) is 5.04. The summed E-state index contributed by atoms with van der Waals surface area (Å²) in [6.45, 7) is 1.08. The number of nitrogens with zero attached hydrogens (tertiary/aromatic N) is 2. The fraction of sp³-hybridized carbons (Fsp3) is 0.250. The zero-order chi connectivity index (χ0) is 15.4. The van der Waals surface area contributed by atoms with E-state index in [1.165, 1.54) is 0 Å². The van der Waals surface area contributed by atoms with Gasteiger partial charge in [0, 0.05) is 18.2 Å². The number of aromatic nitrogens is 1. The molecule has 0 fully saturated rings. The van der Waals surface area contributed by atoms with Gasteiger partial charge in [0.1, 0.15) is 5.75 Å². The van der Waals surface area contributed by atoms with E-state index >= 15 is 0 Å². The van der Waals surface area contributed by atoms with E-state index in [2.05, 4.69) is 15.3 Å². The lowest BCUT2D eigenvalue weighted by atomic mass is 10.0. The Labute approximate surface area is 134 Å². The van der Waals surface area contributed by atoms with Crippen LogP contribution >= 0.6 is 11.6 Å². The van der Waals surface area contributed by atoms with Crippen molar-refractivity contribution in [1.82, 2.24) is 10.3 Å². The van der Waals surface area contributed by atoms with Crippen LogP contribution in [0.4, 0.5) is 0 Å². The van der Waals surface area contributed by atoms with E-state index in [-0.39, 0.29) is 6.04 Å². The number of benzene rings is 1. The quantitative estimate of drug-likeness (QED) is 0.674. The number of para-hydroxylation sites is 1. The van der Waals surface area contributed by atoms with Gasteiger partial charge in [0.05, 0.1) is 29.9 Å². The Morgan fingerprint density at radius 2 is 2.23 bits per heavy atom. The third kappa shape index (κ3) is 3.49. The minimum Gasteiger partial charge on any atom is -0.493 e. The van der Waals surface area contributed by atoms with Crippen molar-refractivity contribution in [1.29, 1.82) is 0 Å². The molecule has 5 nitrogen and oxygen atoms in total. The first kappa shape index (κ1) is 14.7. The van der Waals surface area contributed by atoms with Crippen molar-refractivity contribution in [2.24, 2.45) is 10.7 Å². The van der Waals surface area contributed by atoms with Gasteiger partial charge in [-0.2, -0.15) is 0 Å². The van der Waals surface area contributed by atoms with E-state index in [4.69, 9.17) is 22.1 Å². The van der Waals surface area contributed by atoms with Gasteiger partial charge in [-0.05, 0) is 18.2 Å². The lowest BCUT2D eigenvalue weighted by Crippen LogP contribution is -2.37. The zero-order valence-corrected chi connectivity index (χ0v) is 12.8. The largest absolute Gasteiger partial charge is 0.493 e. The molecule has 0 aliphatic carbocycles. The molecule has 1 aromatic carbocycles. The standard InChI is InChI=1S/C16H17ClN4O/c17-11-5-6-12(19-9-11)10-20-16(18)21-14-7-8-22-15-4-2-1-3-13(14)15/h1-6,9,14H,7-8,10H2,(H3,18,20,21). The Kier molecular flexibility index (Phi) is 4.44. The normalized spacial score (nSPS) is 17.5. The van der Waals surface area contributed by atoms with Crippen LogP contribution in [-0.4, -0.2) is 17.6 Å². The number of guanidine groups is 1. The first-order chi connectivity index (χ1) is 10.7. The smallest absolute Gasteiger partial charge is 0.189 e. The summed E-state index contributed by atoms with van der Waals surface area (Å²) in [6, 6.07) is 11.7. The van der Waals surface area contributed by atoms with Crippen LogP contribution in [0.2, 0.25) is 5.02 Å². The van der Waals surface area contributed by atoms with Gasteiger partial charge in [-0.1, -0.05) is 29.8 Å². The Hall–Kier alpha value is -2.27. The molecule has 1 aliphatic heterocycles. The molecule has 3 rings (SSSR count). The molecule has 2 aromatic rings. The summed E-state index contributed by atoms with van der Waals surface area (Å²) in [5.74, 6) is 1.30. The number of pyridine rings is 1. The van der Waals surface area contributed by atoms with E-state index in [9.17, 15) is 0 Å². The fourth-order valence-corrected chi connectivity index (χ4v) is 2.49. The molecule has 0 saturated carbocycles. The molecule has 3 N–H and O–H groups in total. The molecule has 0 amide bonds. The summed E-state index contributed by atoms with van der Waals surface area (Å²) in [7, 11) is 0. The summed E-state index contributed by atoms with van der Waals surface area (Å²) in [6.07, 6.45) is 2.46. The van der Waals surface area contributed by atoms with Gasteiger partial charge in [0.2, 0.25) is 0 Å². The first-order valence-electron chi connectivity index (χ1n) is 7.11. The van der Waals surface area contributed by atoms with Gasteiger partial charge in [-0.25, -0.2) is 4.99 Å². The molecule has 2 heterocycles. The fourth-order valence-electron chi connectivity index (χ4n) is 2.38. The van der Waals surface area contributed by atoms with Crippen LogP contribution < -0.4 is 15.8 Å². The molecule has 0 saturated heterocycles. The molecule has 1 aliphatic rings. The number of hydrogen-bond donors (Lipinski definition) is 2. The number of fused-ring (bicyclic) bond motifs is 1. The number of ether oxygens (including phenoxy) is 1. The van der Waals surface area contributed by atoms with Crippen molar-refractivity contribution in [3.05, 3.63) is 58.9 Å². The van der Waals surface area contributed by atoms with E-state index in [1.54, 1.807) is 12.3 Å². The number of nitrogens with two attached hydrogens (primary N) is 1. The maximum Gasteiger partial charge on any atom is 0.189 e. The highest BCUT2D eigenvalue weighted by molar-refractivity contribution is 6.30.